The maximum atomic E-state index is 12.0. The second-order valence-electron chi connectivity index (χ2n) is 4.30. The maximum Gasteiger partial charge on any atom is 0.251 e. The molecule has 0 aliphatic heterocycles. The lowest BCUT2D eigenvalue weighted by atomic mass is 10.1. The number of nitrogens with one attached hydrogen (secondary N) is 1. The summed E-state index contributed by atoms with van der Waals surface area (Å²) >= 11 is 0. The van der Waals surface area contributed by atoms with Gasteiger partial charge in [-0.25, -0.2) is 0 Å². The van der Waals surface area contributed by atoms with Crippen LogP contribution in [0, 0.1) is 13.8 Å². The molecule has 0 saturated heterocycles. The number of rotatable bonds is 3. The van der Waals surface area contributed by atoms with Gasteiger partial charge in [-0.05, 0) is 36.6 Å². The molecule has 0 saturated carbocycles. The van der Waals surface area contributed by atoms with E-state index in [1.165, 1.54) is 5.56 Å². The number of carbonyl (C=O) groups excluding carboxylic acids is 1. The Labute approximate surface area is 107 Å². The molecule has 3 nitrogen and oxygen atoms in total. The number of amides is 1. The van der Waals surface area contributed by atoms with Gasteiger partial charge in [-0.15, -0.1) is 0 Å². The fourth-order valence-electron chi connectivity index (χ4n) is 1.81. The zero-order valence-corrected chi connectivity index (χ0v) is 10.6. The summed E-state index contributed by atoms with van der Waals surface area (Å²) in [6.45, 7) is 4.47. The SMILES string of the molecule is Cc1ccccc1CNC(=O)c1ccncc1C. The van der Waals surface area contributed by atoms with Crippen LogP contribution in [0.1, 0.15) is 27.0 Å². The highest BCUT2D eigenvalue weighted by Gasteiger charge is 2.08. The highest BCUT2D eigenvalue weighted by atomic mass is 16.1. The first-order chi connectivity index (χ1) is 8.68. The lowest BCUT2D eigenvalue weighted by molar-refractivity contribution is 0.0950. The number of aromatic nitrogens is 1. The third kappa shape index (κ3) is 2.74. The summed E-state index contributed by atoms with van der Waals surface area (Å²) in [5.74, 6) is -0.0573. The molecule has 0 atom stereocenters. The Morgan fingerprint density at radius 2 is 1.94 bits per heavy atom. The van der Waals surface area contributed by atoms with Crippen molar-refractivity contribution in [3.63, 3.8) is 0 Å². The Kier molecular flexibility index (Phi) is 3.72. The van der Waals surface area contributed by atoms with Crippen molar-refractivity contribution >= 4 is 5.91 Å². The van der Waals surface area contributed by atoms with Gasteiger partial charge in [0.2, 0.25) is 0 Å². The Morgan fingerprint density at radius 3 is 2.67 bits per heavy atom. The van der Waals surface area contributed by atoms with Crippen LogP contribution in [-0.4, -0.2) is 10.9 Å². The van der Waals surface area contributed by atoms with E-state index in [1.54, 1.807) is 18.5 Å². The summed E-state index contributed by atoms with van der Waals surface area (Å²) in [7, 11) is 0. The van der Waals surface area contributed by atoms with Crippen molar-refractivity contribution in [2.24, 2.45) is 0 Å². The molecule has 18 heavy (non-hydrogen) atoms. The van der Waals surface area contributed by atoms with E-state index in [0.717, 1.165) is 11.1 Å². The first-order valence-corrected chi connectivity index (χ1v) is 5.92. The van der Waals surface area contributed by atoms with Gasteiger partial charge in [0.25, 0.3) is 5.91 Å². The number of aryl methyl sites for hydroxylation is 2. The standard InChI is InChI=1S/C15H16N2O/c1-11-5-3-4-6-13(11)10-17-15(18)14-7-8-16-9-12(14)2/h3-9H,10H2,1-2H3,(H,17,18). The topological polar surface area (TPSA) is 42.0 Å². The summed E-state index contributed by atoms with van der Waals surface area (Å²) in [5.41, 5.74) is 3.89. The van der Waals surface area contributed by atoms with Crippen molar-refractivity contribution in [3.8, 4) is 0 Å². The van der Waals surface area contributed by atoms with E-state index in [9.17, 15) is 4.79 Å². The average Bonchev–Trinajstić information content (AvgIpc) is 2.38. The molecule has 2 rings (SSSR count). The number of nitrogens with zero attached hydrogens (tertiary/aromatic N) is 1. The first-order valence-electron chi connectivity index (χ1n) is 5.92. The molecule has 0 unspecified atom stereocenters. The van der Waals surface area contributed by atoms with Gasteiger partial charge in [0.05, 0.1) is 0 Å². The number of hydrogen-bond donors (Lipinski definition) is 1. The molecule has 3 heteroatoms. The zero-order chi connectivity index (χ0) is 13.0. The highest BCUT2D eigenvalue weighted by Crippen LogP contribution is 2.08. The minimum absolute atomic E-state index is 0.0573. The fourth-order valence-corrected chi connectivity index (χ4v) is 1.81. The van der Waals surface area contributed by atoms with Gasteiger partial charge in [0.1, 0.15) is 0 Å². The van der Waals surface area contributed by atoms with Gasteiger partial charge < -0.3 is 5.32 Å². The molecule has 1 aromatic carbocycles. The maximum absolute atomic E-state index is 12.0. The van der Waals surface area contributed by atoms with Crippen molar-refractivity contribution in [1.82, 2.24) is 10.3 Å². The molecular formula is C15H16N2O. The van der Waals surface area contributed by atoms with Crippen LogP contribution in [0.25, 0.3) is 0 Å². The third-order valence-electron chi connectivity index (χ3n) is 2.97. The van der Waals surface area contributed by atoms with E-state index in [0.29, 0.717) is 12.1 Å². The largest absolute Gasteiger partial charge is 0.348 e. The van der Waals surface area contributed by atoms with E-state index < -0.39 is 0 Å². The summed E-state index contributed by atoms with van der Waals surface area (Å²) in [5, 5.41) is 2.93. The smallest absolute Gasteiger partial charge is 0.251 e. The third-order valence-corrected chi connectivity index (χ3v) is 2.97. The molecular weight excluding hydrogens is 224 g/mol. The minimum Gasteiger partial charge on any atom is -0.348 e. The van der Waals surface area contributed by atoms with Crippen molar-refractivity contribution < 1.29 is 4.79 Å². The molecule has 0 bridgehead atoms. The summed E-state index contributed by atoms with van der Waals surface area (Å²) in [4.78, 5) is 16.0. The van der Waals surface area contributed by atoms with Crippen molar-refractivity contribution in [2.45, 2.75) is 20.4 Å². The van der Waals surface area contributed by atoms with Crippen LogP contribution >= 0.6 is 0 Å². The van der Waals surface area contributed by atoms with Gasteiger partial charge in [0, 0.05) is 24.5 Å². The molecule has 1 N–H and O–H groups in total. The van der Waals surface area contributed by atoms with Crippen LogP contribution in [0.3, 0.4) is 0 Å². The molecule has 1 heterocycles. The van der Waals surface area contributed by atoms with Crippen LogP contribution in [0.5, 0.6) is 0 Å². The minimum atomic E-state index is -0.0573. The molecule has 2 aromatic rings. The lowest BCUT2D eigenvalue weighted by Crippen LogP contribution is -2.24. The molecule has 0 aliphatic rings. The number of pyridine rings is 1. The van der Waals surface area contributed by atoms with Crippen molar-refractivity contribution in [2.75, 3.05) is 0 Å². The van der Waals surface area contributed by atoms with E-state index in [2.05, 4.69) is 10.3 Å². The normalized spacial score (nSPS) is 10.1. The quantitative estimate of drug-likeness (QED) is 0.896. The van der Waals surface area contributed by atoms with Gasteiger partial charge >= 0.3 is 0 Å². The van der Waals surface area contributed by atoms with E-state index in [-0.39, 0.29) is 5.91 Å². The monoisotopic (exact) mass is 240 g/mol. The summed E-state index contributed by atoms with van der Waals surface area (Å²) in [6, 6.07) is 9.77. The summed E-state index contributed by atoms with van der Waals surface area (Å²) < 4.78 is 0. The highest BCUT2D eigenvalue weighted by molar-refractivity contribution is 5.95. The van der Waals surface area contributed by atoms with Gasteiger partial charge in [-0.3, -0.25) is 9.78 Å². The Hall–Kier alpha value is -2.16. The fraction of sp³-hybridized carbons (Fsp3) is 0.200. The second-order valence-corrected chi connectivity index (χ2v) is 4.30. The molecule has 1 aromatic heterocycles. The predicted octanol–water partition coefficient (Wildman–Crippen LogP) is 2.63. The predicted molar refractivity (Wildman–Crippen MR) is 71.3 cm³/mol. The van der Waals surface area contributed by atoms with Crippen LogP contribution < -0.4 is 5.32 Å². The number of hydrogen-bond acceptors (Lipinski definition) is 2. The van der Waals surface area contributed by atoms with Gasteiger partial charge in [-0.2, -0.15) is 0 Å². The Balaban J connectivity index is 2.06. The van der Waals surface area contributed by atoms with Crippen molar-refractivity contribution in [1.29, 1.82) is 0 Å². The number of benzene rings is 1. The summed E-state index contributed by atoms with van der Waals surface area (Å²) in [6.07, 6.45) is 3.33. The molecule has 1 amide bonds. The van der Waals surface area contributed by atoms with Crippen LogP contribution in [0.2, 0.25) is 0 Å². The molecule has 0 spiro atoms. The second kappa shape index (κ2) is 5.45. The molecule has 92 valence electrons. The van der Waals surface area contributed by atoms with Crippen LogP contribution in [-0.2, 0) is 6.54 Å². The molecule has 0 radical (unpaired) electrons. The Bertz CT molecular complexity index is 564. The molecule has 0 aliphatic carbocycles. The number of carbonyl (C=O) groups is 1. The molecule has 0 fully saturated rings. The van der Waals surface area contributed by atoms with Gasteiger partial charge in [0.15, 0.2) is 0 Å². The van der Waals surface area contributed by atoms with E-state index >= 15 is 0 Å². The Morgan fingerprint density at radius 1 is 1.17 bits per heavy atom. The lowest BCUT2D eigenvalue weighted by Gasteiger charge is -2.09. The van der Waals surface area contributed by atoms with E-state index in [1.807, 2.05) is 38.1 Å². The van der Waals surface area contributed by atoms with Crippen LogP contribution in [0.15, 0.2) is 42.7 Å². The zero-order valence-electron chi connectivity index (χ0n) is 10.6. The average molecular weight is 240 g/mol. The van der Waals surface area contributed by atoms with Crippen molar-refractivity contribution in [3.05, 3.63) is 65.0 Å². The van der Waals surface area contributed by atoms with E-state index in [4.69, 9.17) is 0 Å². The van der Waals surface area contributed by atoms with Crippen LogP contribution in [0.4, 0.5) is 0 Å². The van der Waals surface area contributed by atoms with Gasteiger partial charge in [-0.1, -0.05) is 24.3 Å². The first kappa shape index (κ1) is 12.3.